The molecular weight excluding hydrogens is 329 g/mol. The first-order valence-corrected chi connectivity index (χ1v) is 8.65. The molecule has 0 saturated carbocycles. The van der Waals surface area contributed by atoms with Gasteiger partial charge in [-0.3, -0.25) is 4.79 Å². The predicted octanol–water partition coefficient (Wildman–Crippen LogP) is 4.14. The molecule has 0 aliphatic heterocycles. The minimum absolute atomic E-state index is 0.000374. The molecule has 0 aliphatic rings. The number of halogens is 1. The Hall–Kier alpha value is -2.95. The fourth-order valence-electron chi connectivity index (χ4n) is 2.78. The third-order valence-electron chi connectivity index (χ3n) is 4.39. The first kappa shape index (κ1) is 17.9. The summed E-state index contributed by atoms with van der Waals surface area (Å²) in [6.07, 6.45) is 5.36. The van der Waals surface area contributed by atoms with E-state index in [0.717, 1.165) is 11.1 Å². The van der Waals surface area contributed by atoms with Gasteiger partial charge >= 0.3 is 0 Å². The van der Waals surface area contributed by atoms with Crippen LogP contribution in [0.1, 0.15) is 24.2 Å². The number of aromatic nitrogens is 2. The highest BCUT2D eigenvalue weighted by Gasteiger charge is 2.17. The molecule has 5 heteroatoms. The molecule has 134 valence electrons. The van der Waals surface area contributed by atoms with Gasteiger partial charge in [-0.25, -0.2) is 9.37 Å². The fraction of sp³-hybridized carbons (Fsp3) is 0.238. The van der Waals surface area contributed by atoms with E-state index in [1.54, 1.807) is 30.7 Å². The van der Waals surface area contributed by atoms with Gasteiger partial charge in [0.05, 0.1) is 6.33 Å². The fourth-order valence-corrected chi connectivity index (χ4v) is 2.78. The molecule has 0 spiro atoms. The second-order valence-electron chi connectivity index (χ2n) is 6.67. The second kappa shape index (κ2) is 7.95. The highest BCUT2D eigenvalue weighted by atomic mass is 19.1. The number of nitrogens with zero attached hydrogens (tertiary/aromatic N) is 2. The van der Waals surface area contributed by atoms with Crippen LogP contribution in [0.5, 0.6) is 0 Å². The van der Waals surface area contributed by atoms with Crippen molar-refractivity contribution >= 4 is 5.91 Å². The van der Waals surface area contributed by atoms with E-state index in [0.29, 0.717) is 12.1 Å². The van der Waals surface area contributed by atoms with Gasteiger partial charge in [-0.05, 0) is 41.3 Å². The van der Waals surface area contributed by atoms with Crippen LogP contribution in [-0.4, -0.2) is 21.5 Å². The van der Waals surface area contributed by atoms with Crippen molar-refractivity contribution < 1.29 is 9.18 Å². The molecule has 0 fully saturated rings. The van der Waals surface area contributed by atoms with E-state index in [-0.39, 0.29) is 23.7 Å². The molecule has 1 amide bonds. The zero-order valence-corrected chi connectivity index (χ0v) is 14.9. The Morgan fingerprint density at radius 3 is 2.54 bits per heavy atom. The second-order valence-corrected chi connectivity index (χ2v) is 6.67. The van der Waals surface area contributed by atoms with Crippen LogP contribution in [0.3, 0.4) is 0 Å². The van der Waals surface area contributed by atoms with Crippen LogP contribution in [-0.2, 0) is 6.54 Å². The summed E-state index contributed by atoms with van der Waals surface area (Å²) in [5.41, 5.74) is 2.25. The zero-order chi connectivity index (χ0) is 18.5. The van der Waals surface area contributed by atoms with Crippen LogP contribution in [0, 0.1) is 11.7 Å². The molecule has 1 heterocycles. The highest BCUT2D eigenvalue weighted by molar-refractivity contribution is 5.94. The van der Waals surface area contributed by atoms with Gasteiger partial charge in [-0.15, -0.1) is 0 Å². The normalized spacial score (nSPS) is 12.2. The van der Waals surface area contributed by atoms with Gasteiger partial charge in [0.1, 0.15) is 5.82 Å². The first-order chi connectivity index (χ1) is 12.5. The molecule has 0 unspecified atom stereocenters. The maximum Gasteiger partial charge on any atom is 0.251 e. The van der Waals surface area contributed by atoms with Gasteiger partial charge in [-0.1, -0.05) is 38.1 Å². The maximum absolute atomic E-state index is 13.4. The largest absolute Gasteiger partial charge is 0.347 e. The number of imidazole rings is 1. The Kier molecular flexibility index (Phi) is 5.46. The lowest BCUT2D eigenvalue weighted by atomic mass is 10.0. The molecule has 26 heavy (non-hydrogen) atoms. The van der Waals surface area contributed by atoms with Gasteiger partial charge in [0.15, 0.2) is 0 Å². The summed E-state index contributed by atoms with van der Waals surface area (Å²) < 4.78 is 15.3. The van der Waals surface area contributed by atoms with E-state index in [1.165, 1.54) is 12.1 Å². The van der Waals surface area contributed by atoms with E-state index in [1.807, 2.05) is 29.0 Å². The third kappa shape index (κ3) is 4.36. The number of carbonyl (C=O) groups is 1. The molecule has 1 aromatic heterocycles. The van der Waals surface area contributed by atoms with Crippen molar-refractivity contribution in [2.45, 2.75) is 26.4 Å². The predicted molar refractivity (Wildman–Crippen MR) is 100 cm³/mol. The summed E-state index contributed by atoms with van der Waals surface area (Å²) in [5.74, 6) is -0.105. The van der Waals surface area contributed by atoms with Gasteiger partial charge in [0.25, 0.3) is 5.91 Å². The first-order valence-electron chi connectivity index (χ1n) is 8.65. The van der Waals surface area contributed by atoms with Crippen molar-refractivity contribution in [3.63, 3.8) is 0 Å². The minimum atomic E-state index is -0.274. The van der Waals surface area contributed by atoms with E-state index in [2.05, 4.69) is 24.1 Å². The molecule has 0 bridgehead atoms. The van der Waals surface area contributed by atoms with Gasteiger partial charge in [0, 0.05) is 30.5 Å². The molecule has 0 aliphatic carbocycles. The topological polar surface area (TPSA) is 46.9 Å². The quantitative estimate of drug-likeness (QED) is 0.725. The third-order valence-corrected chi connectivity index (χ3v) is 4.39. The standard InChI is InChI=1S/C21H22FN3O/c1-15(2)20(13-25-11-10-23-14-25)24-21(26)17-8-6-16(7-9-17)18-4-3-5-19(22)12-18/h3-12,14-15,20H,13H2,1-2H3,(H,24,26)/t20-/m1/s1. The summed E-state index contributed by atoms with van der Waals surface area (Å²) in [6, 6.07) is 13.6. The average molecular weight is 351 g/mol. The summed E-state index contributed by atoms with van der Waals surface area (Å²) >= 11 is 0. The van der Waals surface area contributed by atoms with E-state index < -0.39 is 0 Å². The lowest BCUT2D eigenvalue weighted by molar-refractivity contribution is 0.0920. The Bertz CT molecular complexity index is 857. The molecule has 0 saturated heterocycles. The molecule has 0 radical (unpaired) electrons. The summed E-state index contributed by atoms with van der Waals surface area (Å²) in [4.78, 5) is 16.6. The molecule has 4 nitrogen and oxygen atoms in total. The van der Waals surface area contributed by atoms with Crippen molar-refractivity contribution in [3.05, 3.63) is 78.6 Å². The molecule has 2 aromatic carbocycles. The number of rotatable bonds is 6. The monoisotopic (exact) mass is 351 g/mol. The number of hydrogen-bond donors (Lipinski definition) is 1. The van der Waals surface area contributed by atoms with Crippen LogP contribution in [0.25, 0.3) is 11.1 Å². The van der Waals surface area contributed by atoms with Crippen LogP contribution >= 0.6 is 0 Å². The highest BCUT2D eigenvalue weighted by Crippen LogP contribution is 2.20. The summed E-state index contributed by atoms with van der Waals surface area (Å²) in [7, 11) is 0. The Balaban J connectivity index is 1.70. The molecule has 1 atom stereocenters. The van der Waals surface area contributed by atoms with Gasteiger partial charge < -0.3 is 9.88 Å². The number of carbonyl (C=O) groups excluding carboxylic acids is 1. The molecule has 1 N–H and O–H groups in total. The van der Waals surface area contributed by atoms with E-state index in [4.69, 9.17) is 0 Å². The lowest BCUT2D eigenvalue weighted by Gasteiger charge is -2.23. The van der Waals surface area contributed by atoms with Crippen molar-refractivity contribution in [1.82, 2.24) is 14.9 Å². The number of nitrogens with one attached hydrogen (secondary N) is 1. The zero-order valence-electron chi connectivity index (χ0n) is 14.9. The summed E-state index contributed by atoms with van der Waals surface area (Å²) in [6.45, 7) is 4.83. The van der Waals surface area contributed by atoms with Crippen LogP contribution in [0.15, 0.2) is 67.3 Å². The SMILES string of the molecule is CC(C)[C@@H](Cn1ccnc1)NC(=O)c1ccc(-c2cccc(F)c2)cc1. The van der Waals surface area contributed by atoms with Crippen LogP contribution in [0.4, 0.5) is 4.39 Å². The number of amides is 1. The van der Waals surface area contributed by atoms with Crippen molar-refractivity contribution in [3.8, 4) is 11.1 Å². The van der Waals surface area contributed by atoms with Gasteiger partial charge in [0.2, 0.25) is 0 Å². The van der Waals surface area contributed by atoms with E-state index >= 15 is 0 Å². The molecule has 3 aromatic rings. The summed E-state index contributed by atoms with van der Waals surface area (Å²) in [5, 5.41) is 3.09. The maximum atomic E-state index is 13.4. The minimum Gasteiger partial charge on any atom is -0.347 e. The van der Waals surface area contributed by atoms with E-state index in [9.17, 15) is 9.18 Å². The number of hydrogen-bond acceptors (Lipinski definition) is 2. The van der Waals surface area contributed by atoms with Crippen molar-refractivity contribution in [2.75, 3.05) is 0 Å². The van der Waals surface area contributed by atoms with Crippen LogP contribution < -0.4 is 5.32 Å². The molecular formula is C21H22FN3O. The average Bonchev–Trinajstić information content (AvgIpc) is 3.14. The lowest BCUT2D eigenvalue weighted by Crippen LogP contribution is -2.41. The number of benzene rings is 2. The van der Waals surface area contributed by atoms with Crippen molar-refractivity contribution in [1.29, 1.82) is 0 Å². The Morgan fingerprint density at radius 1 is 1.15 bits per heavy atom. The van der Waals surface area contributed by atoms with Crippen LogP contribution in [0.2, 0.25) is 0 Å². The Labute approximate surface area is 152 Å². The Morgan fingerprint density at radius 2 is 1.92 bits per heavy atom. The molecule has 3 rings (SSSR count). The van der Waals surface area contributed by atoms with Gasteiger partial charge in [-0.2, -0.15) is 0 Å². The van der Waals surface area contributed by atoms with Crippen molar-refractivity contribution in [2.24, 2.45) is 5.92 Å². The smallest absolute Gasteiger partial charge is 0.251 e.